The van der Waals surface area contributed by atoms with E-state index >= 15 is 0 Å². The number of nitrogens with one attached hydrogen (secondary N) is 3. The maximum Gasteiger partial charge on any atom is 0.408 e. The molecule has 12 nitrogen and oxygen atoms in total. The summed E-state index contributed by atoms with van der Waals surface area (Å²) in [7, 11) is -3.89. The first kappa shape index (κ1) is 36.3. The zero-order chi connectivity index (χ0) is 36.7. The van der Waals surface area contributed by atoms with Gasteiger partial charge in [0, 0.05) is 18.2 Å². The Morgan fingerprint density at radius 3 is 2.29 bits per heavy atom. The van der Waals surface area contributed by atoms with Crippen molar-refractivity contribution in [2.45, 2.75) is 94.7 Å². The van der Waals surface area contributed by atoms with Crippen LogP contribution in [-0.4, -0.2) is 79.3 Å². The fourth-order valence-electron chi connectivity index (χ4n) is 6.96. The Morgan fingerprint density at radius 2 is 1.71 bits per heavy atom. The van der Waals surface area contributed by atoms with Gasteiger partial charge in [0.1, 0.15) is 29.5 Å². The van der Waals surface area contributed by atoms with Crippen molar-refractivity contribution in [1.29, 1.82) is 0 Å². The lowest BCUT2D eigenvalue weighted by Gasteiger charge is -2.35. The van der Waals surface area contributed by atoms with Gasteiger partial charge in [-0.2, -0.15) is 0 Å². The van der Waals surface area contributed by atoms with Crippen molar-refractivity contribution in [1.82, 2.24) is 20.3 Å². The van der Waals surface area contributed by atoms with Gasteiger partial charge in [0.25, 0.3) is 5.91 Å². The number of sulfonamides is 1. The van der Waals surface area contributed by atoms with Crippen molar-refractivity contribution in [2.75, 3.05) is 18.1 Å². The molecule has 274 valence electrons. The lowest BCUT2D eigenvalue weighted by atomic mass is 9.85. The highest BCUT2D eigenvalue weighted by molar-refractivity contribution is 7.91. The van der Waals surface area contributed by atoms with Gasteiger partial charge >= 0.3 is 6.09 Å². The van der Waals surface area contributed by atoms with E-state index in [0.717, 1.165) is 31.2 Å². The van der Waals surface area contributed by atoms with E-state index in [4.69, 9.17) is 4.74 Å². The Kier molecular flexibility index (Phi) is 9.92. The van der Waals surface area contributed by atoms with Crippen molar-refractivity contribution >= 4 is 39.5 Å². The summed E-state index contributed by atoms with van der Waals surface area (Å²) in [5, 5.41) is 4.92. The topological polar surface area (TPSA) is 154 Å². The average molecular weight is 724 g/mol. The van der Waals surface area contributed by atoms with Gasteiger partial charge in [-0.25, -0.2) is 17.6 Å². The third-order valence-electron chi connectivity index (χ3n) is 10.3. The molecule has 1 aliphatic heterocycles. The molecule has 3 saturated carbocycles. The molecule has 6 rings (SSSR count). The second kappa shape index (κ2) is 13.9. The van der Waals surface area contributed by atoms with Gasteiger partial charge in [-0.15, -0.1) is 6.58 Å². The summed E-state index contributed by atoms with van der Waals surface area (Å²) < 4.78 is 47.0. The summed E-state index contributed by atoms with van der Waals surface area (Å²) in [6.07, 6.45) is 5.08. The predicted molar refractivity (Wildman–Crippen MR) is 189 cm³/mol. The molecule has 2 aromatic rings. The maximum atomic E-state index is 14.5. The molecule has 4 atom stereocenters. The standard InChI is InChI=1S/C37H46FN5O7S/c1-5-25-20-37(25,34(46)41-51(48,49)29-17-18-29)40-32(44)30-21-42(27-15-13-23(14-16-27)24-9-8-10-26(38)19-24)22-43(30)33(45)31(36(2,3)4)39-35(47)50-28-11-6-7-12-28/h5,8-10,13-16,19,25,28-31H,1,6-7,11-12,17-18,20-22H2,2-4H3,(H,39,47)(H,40,44)(H,41,46)/t25-,30+,31?,37-/m1/s1. The number of nitrogens with zero attached hydrogens (tertiary/aromatic N) is 2. The number of carbonyl (C=O) groups excluding carboxylic acids is 4. The van der Waals surface area contributed by atoms with E-state index in [9.17, 15) is 32.0 Å². The van der Waals surface area contributed by atoms with Crippen molar-refractivity contribution in [3.8, 4) is 11.1 Å². The van der Waals surface area contributed by atoms with E-state index in [2.05, 4.69) is 21.9 Å². The molecule has 0 spiro atoms. The lowest BCUT2D eigenvalue weighted by Crippen LogP contribution is -2.60. The van der Waals surface area contributed by atoms with Crippen LogP contribution in [0.25, 0.3) is 11.1 Å². The number of benzene rings is 2. The van der Waals surface area contributed by atoms with Crippen LogP contribution in [0.15, 0.2) is 61.2 Å². The Bertz CT molecular complexity index is 1800. The third-order valence-corrected chi connectivity index (χ3v) is 12.1. The van der Waals surface area contributed by atoms with E-state index in [1.165, 1.54) is 23.1 Å². The van der Waals surface area contributed by atoms with Crippen LogP contribution < -0.4 is 20.3 Å². The van der Waals surface area contributed by atoms with Gasteiger partial charge in [0.2, 0.25) is 21.8 Å². The summed E-state index contributed by atoms with van der Waals surface area (Å²) in [6, 6.07) is 11.3. The van der Waals surface area contributed by atoms with Crippen LogP contribution in [0.1, 0.15) is 65.7 Å². The Morgan fingerprint density at radius 1 is 1.02 bits per heavy atom. The largest absolute Gasteiger partial charge is 0.446 e. The first-order valence-electron chi connectivity index (χ1n) is 17.5. The minimum absolute atomic E-state index is 0.0255. The highest BCUT2D eigenvalue weighted by Crippen LogP contribution is 2.45. The molecule has 51 heavy (non-hydrogen) atoms. The highest BCUT2D eigenvalue weighted by atomic mass is 32.2. The van der Waals surface area contributed by atoms with Crippen molar-refractivity contribution < 1.29 is 36.7 Å². The third kappa shape index (κ3) is 7.90. The van der Waals surface area contributed by atoms with E-state index in [1.54, 1.807) is 32.9 Å². The van der Waals surface area contributed by atoms with Gasteiger partial charge in [-0.3, -0.25) is 19.1 Å². The molecule has 1 unspecified atom stereocenters. The maximum absolute atomic E-state index is 14.5. The number of alkyl carbamates (subject to hydrolysis) is 1. The molecule has 14 heteroatoms. The van der Waals surface area contributed by atoms with Gasteiger partial charge in [-0.1, -0.05) is 51.1 Å². The van der Waals surface area contributed by atoms with Crippen LogP contribution in [0.3, 0.4) is 0 Å². The molecule has 0 aromatic heterocycles. The van der Waals surface area contributed by atoms with E-state index in [0.29, 0.717) is 24.1 Å². The van der Waals surface area contributed by atoms with Crippen molar-refractivity contribution in [3.05, 3.63) is 67.0 Å². The molecule has 2 aromatic carbocycles. The van der Waals surface area contributed by atoms with Crippen LogP contribution in [0.2, 0.25) is 0 Å². The number of rotatable bonds is 11. The molecule has 1 heterocycles. The molecule has 3 N–H and O–H groups in total. The Balaban J connectivity index is 1.26. The molecule has 4 amide bonds. The predicted octanol–water partition coefficient (Wildman–Crippen LogP) is 4.22. The zero-order valence-corrected chi connectivity index (χ0v) is 30.0. The number of hydrogen-bond acceptors (Lipinski definition) is 8. The van der Waals surface area contributed by atoms with Crippen LogP contribution in [-0.2, 0) is 29.1 Å². The second-order valence-corrected chi connectivity index (χ2v) is 17.1. The normalized spacial score (nSPS) is 24.1. The van der Waals surface area contributed by atoms with Crippen LogP contribution >= 0.6 is 0 Å². The minimum atomic E-state index is -3.89. The first-order chi connectivity index (χ1) is 24.1. The van der Waals surface area contributed by atoms with Gasteiger partial charge < -0.3 is 25.2 Å². The molecule has 0 radical (unpaired) electrons. The highest BCUT2D eigenvalue weighted by Gasteiger charge is 2.62. The summed E-state index contributed by atoms with van der Waals surface area (Å²) in [5.74, 6) is -2.87. The van der Waals surface area contributed by atoms with Crippen LogP contribution in [0.4, 0.5) is 14.9 Å². The molecule has 1 saturated heterocycles. The smallest absolute Gasteiger partial charge is 0.408 e. The number of amides is 4. The van der Waals surface area contributed by atoms with Gasteiger partial charge in [0.05, 0.1) is 11.9 Å². The summed E-state index contributed by atoms with van der Waals surface area (Å²) in [4.78, 5) is 58.4. The zero-order valence-electron chi connectivity index (χ0n) is 29.2. The number of anilines is 1. The van der Waals surface area contributed by atoms with Crippen LogP contribution in [0.5, 0.6) is 0 Å². The monoisotopic (exact) mass is 723 g/mol. The summed E-state index contributed by atoms with van der Waals surface area (Å²) in [6.45, 7) is 9.19. The molecule has 4 aliphatic rings. The van der Waals surface area contributed by atoms with E-state index < -0.39 is 68.0 Å². The Labute approximate surface area is 298 Å². The van der Waals surface area contributed by atoms with E-state index in [-0.39, 0.29) is 31.6 Å². The fourth-order valence-corrected chi connectivity index (χ4v) is 8.32. The Hall–Kier alpha value is -4.46. The number of carbonyl (C=O) groups is 4. The fraction of sp³-hybridized carbons (Fsp3) is 0.514. The molecular weight excluding hydrogens is 678 g/mol. The first-order valence-corrected chi connectivity index (χ1v) is 19.0. The van der Waals surface area contributed by atoms with E-state index in [1.807, 2.05) is 29.2 Å². The summed E-state index contributed by atoms with van der Waals surface area (Å²) >= 11 is 0. The van der Waals surface area contributed by atoms with Crippen molar-refractivity contribution in [3.63, 3.8) is 0 Å². The molecule has 3 aliphatic carbocycles. The number of hydrogen-bond donors (Lipinski definition) is 3. The quantitative estimate of drug-likeness (QED) is 0.292. The van der Waals surface area contributed by atoms with Gasteiger partial charge in [0.15, 0.2) is 0 Å². The molecule has 0 bridgehead atoms. The number of halogens is 1. The van der Waals surface area contributed by atoms with Crippen molar-refractivity contribution in [2.24, 2.45) is 11.3 Å². The minimum Gasteiger partial charge on any atom is -0.446 e. The second-order valence-electron chi connectivity index (χ2n) is 15.2. The molecule has 4 fully saturated rings. The average Bonchev–Trinajstić information content (AvgIpc) is 3.96. The SMILES string of the molecule is C=C[C@@H]1C[C@]1(NC(=O)[C@@H]1CN(c2ccc(-c3cccc(F)c3)cc2)CN1C(=O)C(NC(=O)OC1CCCC1)C(C)(C)C)C(=O)NS(=O)(=O)C1CC1. The van der Waals surface area contributed by atoms with Crippen LogP contribution in [0, 0.1) is 17.2 Å². The van der Waals surface area contributed by atoms with Gasteiger partial charge in [-0.05, 0) is 85.8 Å². The summed E-state index contributed by atoms with van der Waals surface area (Å²) in [5.41, 5.74) is -0.176. The molecular formula is C37H46FN5O7S. The lowest BCUT2D eigenvalue weighted by molar-refractivity contribution is -0.142. The number of ether oxygens (including phenoxy) is 1.